The number of rotatable bonds is 6. The van der Waals surface area contributed by atoms with Crippen molar-refractivity contribution in [1.29, 1.82) is 0 Å². The lowest BCUT2D eigenvalue weighted by Gasteiger charge is -2.19. The van der Waals surface area contributed by atoms with Crippen LogP contribution in [-0.4, -0.2) is 42.3 Å². The van der Waals surface area contributed by atoms with E-state index in [2.05, 4.69) is 4.98 Å². The first-order valence-corrected chi connectivity index (χ1v) is 9.14. The summed E-state index contributed by atoms with van der Waals surface area (Å²) in [4.78, 5) is 32.5. The molecule has 0 aliphatic heterocycles. The number of carbonyl (C=O) groups excluding carboxylic acids is 2. The van der Waals surface area contributed by atoms with Crippen LogP contribution in [0.4, 0.5) is 5.69 Å². The Labute approximate surface area is 165 Å². The predicted molar refractivity (Wildman–Crippen MR) is 111 cm³/mol. The average molecular weight is 373 g/mol. The van der Waals surface area contributed by atoms with Gasteiger partial charge in [0.15, 0.2) is 0 Å². The first-order valence-electron chi connectivity index (χ1n) is 9.14. The van der Waals surface area contributed by atoms with Gasteiger partial charge in [0.1, 0.15) is 0 Å². The van der Waals surface area contributed by atoms with Gasteiger partial charge in [-0.05, 0) is 60.5 Å². The van der Waals surface area contributed by atoms with Crippen molar-refractivity contribution < 1.29 is 9.59 Å². The molecule has 0 aliphatic carbocycles. The van der Waals surface area contributed by atoms with Crippen molar-refractivity contribution in [3.05, 3.63) is 95.8 Å². The highest BCUT2D eigenvalue weighted by Gasteiger charge is 2.16. The molecule has 0 aliphatic rings. The smallest absolute Gasteiger partial charge is 0.258 e. The summed E-state index contributed by atoms with van der Waals surface area (Å²) in [7, 11) is 3.52. The van der Waals surface area contributed by atoms with Crippen molar-refractivity contribution >= 4 is 17.5 Å². The number of nitrogens with zero attached hydrogens (tertiary/aromatic N) is 3. The van der Waals surface area contributed by atoms with E-state index < -0.39 is 0 Å². The molecule has 1 heterocycles. The molecule has 0 saturated carbocycles. The lowest BCUT2D eigenvalue weighted by Crippen LogP contribution is -2.29. The molecule has 0 unspecified atom stereocenters. The third kappa shape index (κ3) is 4.62. The van der Waals surface area contributed by atoms with E-state index in [9.17, 15) is 9.59 Å². The van der Waals surface area contributed by atoms with E-state index in [0.717, 1.165) is 17.7 Å². The number of amides is 2. The number of likely N-dealkylation sites (N-methyl/N-ethyl adjacent to an activating group) is 1. The van der Waals surface area contributed by atoms with E-state index in [1.165, 1.54) is 0 Å². The highest BCUT2D eigenvalue weighted by atomic mass is 16.2. The second kappa shape index (κ2) is 8.95. The zero-order chi connectivity index (χ0) is 19.9. The summed E-state index contributed by atoms with van der Waals surface area (Å²) in [6.07, 6.45) is 4.27. The Morgan fingerprint density at radius 1 is 0.786 bits per heavy atom. The summed E-state index contributed by atoms with van der Waals surface area (Å²) >= 11 is 0. The van der Waals surface area contributed by atoms with Crippen molar-refractivity contribution in [3.63, 3.8) is 0 Å². The first kappa shape index (κ1) is 19.3. The second-order valence-corrected chi connectivity index (χ2v) is 6.61. The van der Waals surface area contributed by atoms with Crippen molar-refractivity contribution in [2.24, 2.45) is 0 Å². The summed E-state index contributed by atoms with van der Waals surface area (Å²) in [5, 5.41) is 0. The van der Waals surface area contributed by atoms with Crippen LogP contribution in [0.25, 0.3) is 0 Å². The fourth-order valence-corrected chi connectivity index (χ4v) is 2.89. The Bertz CT molecular complexity index is 925. The van der Waals surface area contributed by atoms with Crippen LogP contribution in [0.1, 0.15) is 26.3 Å². The predicted octanol–water partition coefficient (Wildman–Crippen LogP) is 3.67. The number of para-hydroxylation sites is 1. The third-order valence-corrected chi connectivity index (χ3v) is 4.66. The minimum atomic E-state index is -0.115. The maximum atomic E-state index is 12.6. The molecule has 0 radical (unpaired) electrons. The maximum Gasteiger partial charge on any atom is 0.258 e. The van der Waals surface area contributed by atoms with Gasteiger partial charge in [0, 0.05) is 49.8 Å². The van der Waals surface area contributed by atoms with E-state index in [1.54, 1.807) is 60.6 Å². The number of carbonyl (C=O) groups is 2. The number of hydrogen-bond donors (Lipinski definition) is 0. The summed E-state index contributed by atoms with van der Waals surface area (Å²) in [5.74, 6) is -0.180. The van der Waals surface area contributed by atoms with Crippen LogP contribution in [0.15, 0.2) is 79.1 Å². The van der Waals surface area contributed by atoms with Gasteiger partial charge in [0.2, 0.25) is 0 Å². The van der Waals surface area contributed by atoms with Gasteiger partial charge in [-0.3, -0.25) is 14.6 Å². The largest absolute Gasteiger partial charge is 0.341 e. The zero-order valence-corrected chi connectivity index (χ0v) is 16.1. The van der Waals surface area contributed by atoms with Crippen LogP contribution in [-0.2, 0) is 6.42 Å². The Kier molecular flexibility index (Phi) is 6.17. The molecule has 2 aromatic carbocycles. The molecule has 142 valence electrons. The molecular weight excluding hydrogens is 350 g/mol. The van der Waals surface area contributed by atoms with E-state index in [-0.39, 0.29) is 11.8 Å². The number of hydrogen-bond acceptors (Lipinski definition) is 3. The van der Waals surface area contributed by atoms with Gasteiger partial charge in [0.05, 0.1) is 0 Å². The van der Waals surface area contributed by atoms with Crippen LogP contribution >= 0.6 is 0 Å². The zero-order valence-electron chi connectivity index (χ0n) is 16.1. The summed E-state index contributed by atoms with van der Waals surface area (Å²) in [6.45, 7) is 0.611. The molecule has 0 saturated heterocycles. The number of aromatic nitrogens is 1. The number of anilines is 1. The molecule has 1 aromatic heterocycles. The highest BCUT2D eigenvalue weighted by molar-refractivity contribution is 6.06. The molecule has 0 bridgehead atoms. The Hall–Kier alpha value is -3.47. The van der Waals surface area contributed by atoms with Crippen LogP contribution in [0.2, 0.25) is 0 Å². The van der Waals surface area contributed by atoms with E-state index in [4.69, 9.17) is 0 Å². The minimum Gasteiger partial charge on any atom is -0.341 e. The summed E-state index contributed by atoms with van der Waals surface area (Å²) < 4.78 is 0. The van der Waals surface area contributed by atoms with Crippen molar-refractivity contribution in [2.75, 3.05) is 25.5 Å². The normalized spacial score (nSPS) is 10.4. The van der Waals surface area contributed by atoms with Gasteiger partial charge < -0.3 is 9.80 Å². The molecule has 5 nitrogen and oxygen atoms in total. The molecule has 5 heteroatoms. The number of benzene rings is 2. The fourth-order valence-electron chi connectivity index (χ4n) is 2.89. The second-order valence-electron chi connectivity index (χ2n) is 6.61. The average Bonchev–Trinajstić information content (AvgIpc) is 2.77. The molecule has 0 spiro atoms. The summed E-state index contributed by atoms with van der Waals surface area (Å²) in [5.41, 5.74) is 3.07. The molecule has 2 amide bonds. The van der Waals surface area contributed by atoms with Crippen molar-refractivity contribution in [3.8, 4) is 0 Å². The van der Waals surface area contributed by atoms with Gasteiger partial charge in [-0.15, -0.1) is 0 Å². The molecule has 0 fully saturated rings. The molecular formula is C23H23N3O2. The molecule has 0 N–H and O–H groups in total. The Morgan fingerprint density at radius 2 is 1.36 bits per heavy atom. The standard InChI is InChI=1S/C23H23N3O2/c1-25(17-14-18-12-15-24-16-13-18)22(27)19-8-10-20(11-9-19)23(28)26(2)21-6-4-3-5-7-21/h3-13,15-16H,14,17H2,1-2H3. The van der Waals surface area contributed by atoms with E-state index >= 15 is 0 Å². The summed E-state index contributed by atoms with van der Waals surface area (Å²) in [6, 6.07) is 20.2. The highest BCUT2D eigenvalue weighted by Crippen LogP contribution is 2.16. The van der Waals surface area contributed by atoms with Gasteiger partial charge >= 0.3 is 0 Å². The van der Waals surface area contributed by atoms with Crippen LogP contribution < -0.4 is 4.90 Å². The molecule has 3 aromatic rings. The van der Waals surface area contributed by atoms with Gasteiger partial charge in [-0.25, -0.2) is 0 Å². The van der Waals surface area contributed by atoms with Crippen molar-refractivity contribution in [2.45, 2.75) is 6.42 Å². The van der Waals surface area contributed by atoms with Gasteiger partial charge in [0.25, 0.3) is 11.8 Å². The third-order valence-electron chi connectivity index (χ3n) is 4.66. The Balaban J connectivity index is 1.63. The van der Waals surface area contributed by atoms with Crippen LogP contribution in [0.3, 0.4) is 0 Å². The molecule has 3 rings (SSSR count). The van der Waals surface area contributed by atoms with Crippen molar-refractivity contribution in [1.82, 2.24) is 9.88 Å². The first-order chi connectivity index (χ1) is 13.6. The quantitative estimate of drug-likeness (QED) is 0.662. The fraction of sp³-hybridized carbons (Fsp3) is 0.174. The lowest BCUT2D eigenvalue weighted by molar-refractivity contribution is 0.0796. The SMILES string of the molecule is CN(CCc1ccncc1)C(=O)c1ccc(C(=O)N(C)c2ccccc2)cc1. The minimum absolute atomic E-state index is 0.0653. The van der Waals surface area contributed by atoms with Gasteiger partial charge in [-0.2, -0.15) is 0 Å². The Morgan fingerprint density at radius 3 is 1.96 bits per heavy atom. The topological polar surface area (TPSA) is 53.5 Å². The van der Waals surface area contributed by atoms with Crippen LogP contribution in [0, 0.1) is 0 Å². The van der Waals surface area contributed by atoms with E-state index in [0.29, 0.717) is 17.7 Å². The molecule has 28 heavy (non-hydrogen) atoms. The van der Waals surface area contributed by atoms with Gasteiger partial charge in [-0.1, -0.05) is 18.2 Å². The maximum absolute atomic E-state index is 12.6. The lowest BCUT2D eigenvalue weighted by atomic mass is 10.1. The van der Waals surface area contributed by atoms with Crippen LogP contribution in [0.5, 0.6) is 0 Å². The number of pyridine rings is 1. The monoisotopic (exact) mass is 373 g/mol. The molecule has 0 atom stereocenters. The van der Waals surface area contributed by atoms with E-state index in [1.807, 2.05) is 42.5 Å².